The summed E-state index contributed by atoms with van der Waals surface area (Å²) in [4.78, 5) is 38.4. The Morgan fingerprint density at radius 1 is 1.07 bits per heavy atom. The van der Waals surface area contributed by atoms with Gasteiger partial charge in [-0.15, -0.1) is 0 Å². The van der Waals surface area contributed by atoms with Gasteiger partial charge in [0.15, 0.2) is 5.78 Å². The summed E-state index contributed by atoms with van der Waals surface area (Å²) < 4.78 is 13.6. The van der Waals surface area contributed by atoms with Crippen molar-refractivity contribution >= 4 is 29.0 Å². The van der Waals surface area contributed by atoms with E-state index in [9.17, 15) is 18.8 Å². The van der Waals surface area contributed by atoms with Crippen molar-refractivity contribution in [3.8, 4) is 0 Å². The van der Waals surface area contributed by atoms with Gasteiger partial charge in [-0.25, -0.2) is 4.39 Å². The van der Waals surface area contributed by atoms with E-state index in [1.165, 1.54) is 18.2 Å². The van der Waals surface area contributed by atoms with Gasteiger partial charge in [-0.3, -0.25) is 14.4 Å². The zero-order chi connectivity index (χ0) is 19.7. The highest BCUT2D eigenvalue weighted by atomic mass is 19.1. The highest BCUT2D eigenvalue weighted by Gasteiger charge is 2.36. The van der Waals surface area contributed by atoms with Gasteiger partial charge in [0.05, 0.1) is 5.56 Å². The van der Waals surface area contributed by atoms with E-state index < -0.39 is 11.6 Å². The van der Waals surface area contributed by atoms with Crippen molar-refractivity contribution in [2.24, 2.45) is 5.92 Å². The molecule has 1 heterocycles. The number of carbonyl (C=O) groups is 3. The summed E-state index contributed by atoms with van der Waals surface area (Å²) in [5.41, 5.74) is 2.61. The molecule has 5 nitrogen and oxygen atoms in total. The second-order valence-corrected chi connectivity index (χ2v) is 7.31. The lowest BCUT2D eigenvalue weighted by Crippen LogP contribution is -2.30. The molecule has 1 aliphatic heterocycles. The van der Waals surface area contributed by atoms with Gasteiger partial charge < -0.3 is 10.2 Å². The van der Waals surface area contributed by atoms with E-state index in [0.717, 1.165) is 30.5 Å². The number of ketones is 1. The van der Waals surface area contributed by atoms with E-state index in [2.05, 4.69) is 5.32 Å². The number of carbonyl (C=O) groups excluding carboxylic acids is 3. The number of amides is 2. The maximum absolute atomic E-state index is 13.6. The summed E-state index contributed by atoms with van der Waals surface area (Å²) in [6.45, 7) is 0.680. The van der Waals surface area contributed by atoms with Gasteiger partial charge in [0.2, 0.25) is 11.8 Å². The lowest BCUT2D eigenvalue weighted by atomic mass is 10.1. The molecular weight excluding hydrogens is 359 g/mol. The minimum atomic E-state index is -0.572. The lowest BCUT2D eigenvalue weighted by Gasteiger charge is -2.17. The Bertz CT molecular complexity index is 953. The number of rotatable bonds is 6. The van der Waals surface area contributed by atoms with Crippen molar-refractivity contribution < 1.29 is 18.8 Å². The largest absolute Gasteiger partial charge is 0.326 e. The highest BCUT2D eigenvalue weighted by Crippen LogP contribution is 2.37. The van der Waals surface area contributed by atoms with Crippen molar-refractivity contribution in [3.05, 3.63) is 59.4 Å². The summed E-state index contributed by atoms with van der Waals surface area (Å²) in [5.74, 6) is -0.888. The number of nitrogens with zero attached hydrogens (tertiary/aromatic N) is 1. The third-order valence-corrected chi connectivity index (χ3v) is 5.20. The molecule has 28 heavy (non-hydrogen) atoms. The van der Waals surface area contributed by atoms with Gasteiger partial charge in [-0.1, -0.05) is 12.1 Å². The molecule has 0 radical (unpaired) electrons. The Morgan fingerprint density at radius 2 is 1.86 bits per heavy atom. The lowest BCUT2D eigenvalue weighted by molar-refractivity contribution is -0.119. The topological polar surface area (TPSA) is 66.5 Å². The first-order valence-corrected chi connectivity index (χ1v) is 9.55. The molecule has 4 rings (SSSR count). The van der Waals surface area contributed by atoms with Gasteiger partial charge in [0, 0.05) is 36.7 Å². The summed E-state index contributed by atoms with van der Waals surface area (Å²) in [6.07, 6.45) is 2.65. The van der Waals surface area contributed by atoms with E-state index in [1.54, 1.807) is 12.1 Å². The number of halogens is 1. The Hall–Kier alpha value is -3.02. The normalized spacial score (nSPS) is 15.2. The van der Waals surface area contributed by atoms with Crippen LogP contribution in [0.15, 0.2) is 42.5 Å². The zero-order valence-corrected chi connectivity index (χ0v) is 15.4. The molecule has 2 aromatic carbocycles. The monoisotopic (exact) mass is 380 g/mol. The first-order valence-electron chi connectivity index (χ1n) is 9.55. The van der Waals surface area contributed by atoms with E-state index in [4.69, 9.17) is 0 Å². The number of nitrogens with one attached hydrogen (secondary N) is 1. The molecule has 1 saturated carbocycles. The van der Waals surface area contributed by atoms with Gasteiger partial charge in [0.1, 0.15) is 5.82 Å². The van der Waals surface area contributed by atoms with Crippen LogP contribution in [-0.2, 0) is 16.0 Å². The third-order valence-electron chi connectivity index (χ3n) is 5.20. The molecule has 2 amide bonds. The SMILES string of the molecule is O=C(CCC(=O)c1ccccc1F)Nc1ccc2c(c1)CCN2C(=O)C1CC1. The zero-order valence-electron chi connectivity index (χ0n) is 15.4. The van der Waals surface area contributed by atoms with Crippen LogP contribution in [0.5, 0.6) is 0 Å². The molecular formula is C22H21FN2O3. The minimum Gasteiger partial charge on any atom is -0.326 e. The quantitative estimate of drug-likeness (QED) is 0.777. The molecule has 1 fully saturated rings. The van der Waals surface area contributed by atoms with Crippen molar-refractivity contribution in [1.82, 2.24) is 0 Å². The second-order valence-electron chi connectivity index (χ2n) is 7.31. The number of benzene rings is 2. The molecule has 0 spiro atoms. The van der Waals surface area contributed by atoms with Gasteiger partial charge in [-0.05, 0) is 55.2 Å². The van der Waals surface area contributed by atoms with Crippen LogP contribution in [0, 0.1) is 11.7 Å². The Balaban J connectivity index is 1.34. The second kappa shape index (κ2) is 7.54. The number of hydrogen-bond donors (Lipinski definition) is 1. The molecule has 0 bridgehead atoms. The molecule has 0 saturated heterocycles. The van der Waals surface area contributed by atoms with Crippen molar-refractivity contribution in [1.29, 1.82) is 0 Å². The summed E-state index contributed by atoms with van der Waals surface area (Å²) in [7, 11) is 0. The standard InChI is InChI=1S/C22H21FN2O3/c23-18-4-2-1-3-17(18)20(26)9-10-21(27)24-16-7-8-19-15(13-16)11-12-25(19)22(28)14-5-6-14/h1-4,7-8,13-14H,5-6,9-12H2,(H,24,27). The smallest absolute Gasteiger partial charge is 0.230 e. The fourth-order valence-electron chi connectivity index (χ4n) is 3.53. The van der Waals surface area contributed by atoms with E-state index in [-0.39, 0.29) is 36.1 Å². The van der Waals surface area contributed by atoms with Crippen molar-refractivity contribution in [2.75, 3.05) is 16.8 Å². The predicted molar refractivity (Wildman–Crippen MR) is 104 cm³/mol. The summed E-state index contributed by atoms with van der Waals surface area (Å²) in [5, 5.41) is 2.78. The van der Waals surface area contributed by atoms with Crippen LogP contribution in [0.25, 0.3) is 0 Å². The van der Waals surface area contributed by atoms with E-state index >= 15 is 0 Å². The maximum Gasteiger partial charge on any atom is 0.230 e. The fraction of sp³-hybridized carbons (Fsp3) is 0.318. The maximum atomic E-state index is 13.6. The van der Waals surface area contributed by atoms with E-state index in [1.807, 2.05) is 17.0 Å². The average Bonchev–Trinajstić information content (AvgIpc) is 3.45. The van der Waals surface area contributed by atoms with Crippen LogP contribution in [-0.4, -0.2) is 24.1 Å². The minimum absolute atomic E-state index is 0.00764. The van der Waals surface area contributed by atoms with Crippen LogP contribution in [0.1, 0.15) is 41.6 Å². The molecule has 144 valence electrons. The Kier molecular flexibility index (Phi) is 4.94. The molecule has 0 atom stereocenters. The first kappa shape index (κ1) is 18.3. The molecule has 0 aromatic heterocycles. The van der Waals surface area contributed by atoms with Crippen molar-refractivity contribution in [3.63, 3.8) is 0 Å². The van der Waals surface area contributed by atoms with Gasteiger partial charge >= 0.3 is 0 Å². The van der Waals surface area contributed by atoms with Crippen LogP contribution in [0.2, 0.25) is 0 Å². The number of Topliss-reactive ketones (excluding diaryl/α,β-unsaturated/α-hetero) is 1. The van der Waals surface area contributed by atoms with Crippen LogP contribution in [0.4, 0.5) is 15.8 Å². The molecule has 1 N–H and O–H groups in total. The Morgan fingerprint density at radius 3 is 2.61 bits per heavy atom. The summed E-state index contributed by atoms with van der Waals surface area (Å²) >= 11 is 0. The first-order chi connectivity index (χ1) is 13.5. The molecule has 0 unspecified atom stereocenters. The third kappa shape index (κ3) is 3.81. The predicted octanol–water partition coefficient (Wildman–Crippen LogP) is 3.73. The van der Waals surface area contributed by atoms with Crippen LogP contribution < -0.4 is 10.2 Å². The Labute approximate surface area is 162 Å². The molecule has 1 aliphatic carbocycles. The van der Waals surface area contributed by atoms with Gasteiger partial charge in [-0.2, -0.15) is 0 Å². The van der Waals surface area contributed by atoms with Crippen molar-refractivity contribution in [2.45, 2.75) is 32.1 Å². The van der Waals surface area contributed by atoms with E-state index in [0.29, 0.717) is 12.2 Å². The van der Waals surface area contributed by atoms with Crippen LogP contribution >= 0.6 is 0 Å². The molecule has 2 aromatic rings. The molecule has 2 aliphatic rings. The summed E-state index contributed by atoms with van der Waals surface area (Å²) in [6, 6.07) is 11.3. The fourth-order valence-corrected chi connectivity index (χ4v) is 3.53. The highest BCUT2D eigenvalue weighted by molar-refractivity contribution is 6.01. The van der Waals surface area contributed by atoms with Gasteiger partial charge in [0.25, 0.3) is 0 Å². The number of fused-ring (bicyclic) bond motifs is 1. The molecule has 6 heteroatoms. The average molecular weight is 380 g/mol. The number of hydrogen-bond acceptors (Lipinski definition) is 3. The van der Waals surface area contributed by atoms with Crippen LogP contribution in [0.3, 0.4) is 0 Å². The number of anilines is 2.